The van der Waals surface area contributed by atoms with Crippen molar-refractivity contribution in [3.8, 4) is 5.75 Å². The SMILES string of the molecule is CCOc1ccc(C(Cl)c2ccoc2CC)cc1Br. The second kappa shape index (κ2) is 6.49. The third-order valence-electron chi connectivity index (χ3n) is 2.92. The van der Waals surface area contributed by atoms with Gasteiger partial charge in [-0.05, 0) is 46.6 Å². The van der Waals surface area contributed by atoms with E-state index in [-0.39, 0.29) is 5.38 Å². The van der Waals surface area contributed by atoms with Gasteiger partial charge in [0, 0.05) is 12.0 Å². The number of benzene rings is 1. The first-order valence-electron chi connectivity index (χ1n) is 6.29. The van der Waals surface area contributed by atoms with Gasteiger partial charge in [0.2, 0.25) is 0 Å². The maximum atomic E-state index is 6.54. The summed E-state index contributed by atoms with van der Waals surface area (Å²) in [4.78, 5) is 0. The zero-order valence-electron chi connectivity index (χ0n) is 11.0. The third-order valence-corrected chi connectivity index (χ3v) is 4.03. The molecule has 0 N–H and O–H groups in total. The summed E-state index contributed by atoms with van der Waals surface area (Å²) in [6.45, 7) is 4.66. The lowest BCUT2D eigenvalue weighted by atomic mass is 10.0. The van der Waals surface area contributed by atoms with Crippen molar-refractivity contribution in [3.63, 3.8) is 0 Å². The molecule has 2 aromatic rings. The van der Waals surface area contributed by atoms with Crippen LogP contribution in [0.1, 0.15) is 36.1 Å². The predicted molar refractivity (Wildman–Crippen MR) is 81.1 cm³/mol. The second-order valence-electron chi connectivity index (χ2n) is 4.14. The molecule has 0 amide bonds. The molecule has 2 nitrogen and oxygen atoms in total. The topological polar surface area (TPSA) is 22.4 Å². The molecule has 2 rings (SSSR count). The van der Waals surface area contributed by atoms with E-state index in [1.807, 2.05) is 31.2 Å². The molecule has 1 heterocycles. The summed E-state index contributed by atoms with van der Waals surface area (Å²) >= 11 is 10.0. The van der Waals surface area contributed by atoms with E-state index < -0.39 is 0 Å². The van der Waals surface area contributed by atoms with Gasteiger partial charge in [-0.2, -0.15) is 0 Å². The molecule has 1 aromatic heterocycles. The first-order chi connectivity index (χ1) is 9.17. The van der Waals surface area contributed by atoms with Crippen LogP contribution in [-0.4, -0.2) is 6.61 Å². The molecule has 0 fully saturated rings. The van der Waals surface area contributed by atoms with Gasteiger partial charge in [-0.25, -0.2) is 0 Å². The Hall–Kier alpha value is -0.930. The maximum absolute atomic E-state index is 6.54. The van der Waals surface area contributed by atoms with Crippen LogP contribution in [0.3, 0.4) is 0 Å². The van der Waals surface area contributed by atoms with Crippen LogP contribution in [0.25, 0.3) is 0 Å². The molecular formula is C15H16BrClO2. The average Bonchev–Trinajstić information content (AvgIpc) is 2.88. The molecular weight excluding hydrogens is 328 g/mol. The van der Waals surface area contributed by atoms with Gasteiger partial charge in [0.1, 0.15) is 11.5 Å². The normalized spacial score (nSPS) is 12.4. The minimum Gasteiger partial charge on any atom is -0.493 e. The fourth-order valence-corrected chi connectivity index (χ4v) is 2.83. The van der Waals surface area contributed by atoms with Crippen LogP contribution < -0.4 is 4.74 Å². The van der Waals surface area contributed by atoms with Gasteiger partial charge >= 0.3 is 0 Å². The fourth-order valence-electron chi connectivity index (χ4n) is 1.99. The van der Waals surface area contributed by atoms with Crippen molar-refractivity contribution in [1.82, 2.24) is 0 Å². The Morgan fingerprint density at radius 1 is 1.32 bits per heavy atom. The molecule has 1 unspecified atom stereocenters. The number of alkyl halides is 1. The van der Waals surface area contributed by atoms with Crippen molar-refractivity contribution in [2.24, 2.45) is 0 Å². The fraction of sp³-hybridized carbons (Fsp3) is 0.333. The van der Waals surface area contributed by atoms with Gasteiger partial charge < -0.3 is 9.15 Å². The zero-order valence-corrected chi connectivity index (χ0v) is 13.3. The number of ether oxygens (including phenoxy) is 1. The number of aryl methyl sites for hydroxylation is 1. The molecule has 4 heteroatoms. The van der Waals surface area contributed by atoms with Crippen LogP contribution in [0, 0.1) is 0 Å². The van der Waals surface area contributed by atoms with Crippen LogP contribution in [0.5, 0.6) is 5.75 Å². The number of hydrogen-bond donors (Lipinski definition) is 0. The molecule has 0 radical (unpaired) electrons. The molecule has 0 saturated heterocycles. The van der Waals surface area contributed by atoms with Crippen molar-refractivity contribution in [2.75, 3.05) is 6.61 Å². The van der Waals surface area contributed by atoms with E-state index >= 15 is 0 Å². The highest BCUT2D eigenvalue weighted by molar-refractivity contribution is 9.10. The molecule has 0 saturated carbocycles. The lowest BCUT2D eigenvalue weighted by Gasteiger charge is -2.12. The maximum Gasteiger partial charge on any atom is 0.133 e. The van der Waals surface area contributed by atoms with E-state index in [1.165, 1.54) is 0 Å². The lowest BCUT2D eigenvalue weighted by molar-refractivity contribution is 0.338. The van der Waals surface area contributed by atoms with Crippen molar-refractivity contribution in [3.05, 3.63) is 51.9 Å². The Kier molecular flexibility index (Phi) is 4.94. The lowest BCUT2D eigenvalue weighted by Crippen LogP contribution is -1.97. The number of rotatable bonds is 5. The van der Waals surface area contributed by atoms with Crippen molar-refractivity contribution in [2.45, 2.75) is 25.6 Å². The summed E-state index contributed by atoms with van der Waals surface area (Å²) in [5, 5.41) is -0.208. The molecule has 102 valence electrons. The summed E-state index contributed by atoms with van der Waals surface area (Å²) in [6.07, 6.45) is 2.52. The zero-order chi connectivity index (χ0) is 13.8. The summed E-state index contributed by atoms with van der Waals surface area (Å²) in [6, 6.07) is 7.85. The third kappa shape index (κ3) is 3.15. The molecule has 1 aromatic carbocycles. The molecule has 0 spiro atoms. The highest BCUT2D eigenvalue weighted by Gasteiger charge is 2.17. The molecule has 0 aliphatic heterocycles. The molecule has 0 aliphatic rings. The van der Waals surface area contributed by atoms with Gasteiger partial charge in [-0.1, -0.05) is 13.0 Å². The van der Waals surface area contributed by atoms with Gasteiger partial charge in [0.05, 0.1) is 22.7 Å². The molecule has 0 bridgehead atoms. The van der Waals surface area contributed by atoms with Crippen LogP contribution in [0.15, 0.2) is 39.4 Å². The van der Waals surface area contributed by atoms with Gasteiger partial charge in [-0.3, -0.25) is 0 Å². The van der Waals surface area contributed by atoms with Crippen LogP contribution in [0.4, 0.5) is 0 Å². The summed E-state index contributed by atoms with van der Waals surface area (Å²) in [7, 11) is 0. The van der Waals surface area contributed by atoms with Crippen LogP contribution in [0.2, 0.25) is 0 Å². The monoisotopic (exact) mass is 342 g/mol. The Bertz CT molecular complexity index is 551. The highest BCUT2D eigenvalue weighted by atomic mass is 79.9. The van der Waals surface area contributed by atoms with Crippen molar-refractivity contribution in [1.29, 1.82) is 0 Å². The predicted octanol–water partition coefficient (Wildman–Crippen LogP) is 5.33. The highest BCUT2D eigenvalue weighted by Crippen LogP contribution is 2.36. The number of halogens is 2. The van der Waals surface area contributed by atoms with Gasteiger partial charge in [0.15, 0.2) is 0 Å². The smallest absolute Gasteiger partial charge is 0.133 e. The largest absolute Gasteiger partial charge is 0.493 e. The average molecular weight is 344 g/mol. The van der Waals surface area contributed by atoms with E-state index in [0.29, 0.717) is 6.61 Å². The van der Waals surface area contributed by atoms with Gasteiger partial charge in [-0.15, -0.1) is 11.6 Å². The van der Waals surface area contributed by atoms with E-state index in [9.17, 15) is 0 Å². The second-order valence-corrected chi connectivity index (χ2v) is 5.43. The molecule has 0 aliphatic carbocycles. The van der Waals surface area contributed by atoms with Crippen molar-refractivity contribution >= 4 is 27.5 Å². The van der Waals surface area contributed by atoms with E-state index in [4.69, 9.17) is 20.8 Å². The Balaban J connectivity index is 2.29. The standard InChI is InChI=1S/C15H16BrClO2/c1-3-13-11(7-8-19-13)15(17)10-5-6-14(18-4-2)12(16)9-10/h5-9,15H,3-4H2,1-2H3. The first kappa shape index (κ1) is 14.5. The van der Waals surface area contributed by atoms with Crippen LogP contribution >= 0.6 is 27.5 Å². The first-order valence-corrected chi connectivity index (χ1v) is 7.52. The van der Waals surface area contributed by atoms with Gasteiger partial charge in [0.25, 0.3) is 0 Å². The van der Waals surface area contributed by atoms with E-state index in [1.54, 1.807) is 6.26 Å². The Labute approximate surface area is 126 Å². The summed E-state index contributed by atoms with van der Waals surface area (Å²) in [5.41, 5.74) is 2.05. The Morgan fingerprint density at radius 3 is 2.74 bits per heavy atom. The summed E-state index contributed by atoms with van der Waals surface area (Å²) < 4.78 is 11.8. The minimum atomic E-state index is -0.208. The Morgan fingerprint density at radius 2 is 2.11 bits per heavy atom. The quantitative estimate of drug-likeness (QED) is 0.684. The molecule has 19 heavy (non-hydrogen) atoms. The van der Waals surface area contributed by atoms with Crippen LogP contribution in [-0.2, 0) is 6.42 Å². The summed E-state index contributed by atoms with van der Waals surface area (Å²) in [5.74, 6) is 1.77. The number of hydrogen-bond acceptors (Lipinski definition) is 2. The number of furan rings is 1. The molecule has 1 atom stereocenters. The minimum absolute atomic E-state index is 0.208. The van der Waals surface area contributed by atoms with Crippen molar-refractivity contribution < 1.29 is 9.15 Å². The van der Waals surface area contributed by atoms with E-state index in [2.05, 4.69) is 22.9 Å². The van der Waals surface area contributed by atoms with E-state index in [0.717, 1.165) is 33.5 Å².